The van der Waals surface area contributed by atoms with Gasteiger partial charge in [0.1, 0.15) is 6.04 Å². The van der Waals surface area contributed by atoms with E-state index in [0.29, 0.717) is 25.5 Å². The number of rotatable bonds is 9. The van der Waals surface area contributed by atoms with Gasteiger partial charge in [-0.2, -0.15) is 5.10 Å². The third-order valence-electron chi connectivity index (χ3n) is 6.89. The molecule has 40 heavy (non-hydrogen) atoms. The minimum Gasteiger partial charge on any atom is -0.480 e. The second-order valence-electron chi connectivity index (χ2n) is 10.5. The molecule has 0 radical (unpaired) electrons. The molecule has 1 aromatic carbocycles. The molecule has 2 saturated heterocycles. The van der Waals surface area contributed by atoms with Gasteiger partial charge in [0.2, 0.25) is 11.9 Å². The maximum absolute atomic E-state index is 12.5. The molecule has 2 fully saturated rings. The van der Waals surface area contributed by atoms with Gasteiger partial charge in [0, 0.05) is 44.5 Å². The summed E-state index contributed by atoms with van der Waals surface area (Å²) < 4.78 is 7.45. The number of nitrogens with zero attached hydrogens (tertiary/aromatic N) is 5. The summed E-state index contributed by atoms with van der Waals surface area (Å²) in [6.45, 7) is 8.40. The van der Waals surface area contributed by atoms with Gasteiger partial charge in [-0.25, -0.2) is 9.97 Å². The summed E-state index contributed by atoms with van der Waals surface area (Å²) in [5.41, 5.74) is 5.03. The number of ether oxygens (including phenoxy) is 1. The van der Waals surface area contributed by atoms with E-state index in [1.165, 1.54) is 5.56 Å². The Morgan fingerprint density at radius 2 is 2.05 bits per heavy atom. The van der Waals surface area contributed by atoms with Crippen molar-refractivity contribution in [2.45, 2.75) is 64.7 Å². The number of carboxylic acid groups (broad SMARTS) is 1. The molecule has 2 aliphatic heterocycles. The second-order valence-corrected chi connectivity index (χ2v) is 10.5. The zero-order valence-corrected chi connectivity index (χ0v) is 23.6. The van der Waals surface area contributed by atoms with E-state index in [4.69, 9.17) is 9.84 Å². The number of carbonyl (C=O) groups excluding carboxylic acids is 1. The fourth-order valence-corrected chi connectivity index (χ4v) is 4.74. The molecule has 11 nitrogen and oxygen atoms in total. The van der Waals surface area contributed by atoms with E-state index in [9.17, 15) is 9.59 Å². The van der Waals surface area contributed by atoms with Crippen LogP contribution in [-0.4, -0.2) is 79.5 Å². The van der Waals surface area contributed by atoms with Gasteiger partial charge in [-0.1, -0.05) is 12.1 Å². The first kappa shape index (κ1) is 29.2. The van der Waals surface area contributed by atoms with Crippen LogP contribution in [0.5, 0.6) is 0 Å². The number of aromatic nitrogens is 4. The van der Waals surface area contributed by atoms with Gasteiger partial charge in [-0.05, 0) is 69.8 Å². The molecular weight excluding hydrogens is 510 g/mol. The van der Waals surface area contributed by atoms with Crippen LogP contribution in [0.3, 0.4) is 0 Å². The van der Waals surface area contributed by atoms with Crippen molar-refractivity contribution in [3.05, 3.63) is 54.0 Å². The second kappa shape index (κ2) is 13.5. The molecule has 0 spiro atoms. The lowest BCUT2D eigenvalue weighted by atomic mass is 9.99. The Balaban J connectivity index is 0.000000398. The van der Waals surface area contributed by atoms with E-state index in [-0.39, 0.29) is 24.2 Å². The third kappa shape index (κ3) is 8.09. The van der Waals surface area contributed by atoms with Crippen molar-refractivity contribution in [1.29, 1.82) is 0 Å². The topological polar surface area (TPSA) is 134 Å². The van der Waals surface area contributed by atoms with E-state index in [1.807, 2.05) is 38.1 Å². The fraction of sp³-hybridized carbons (Fsp3) is 0.483. The zero-order chi connectivity index (χ0) is 28.6. The zero-order valence-electron chi connectivity index (χ0n) is 23.6. The van der Waals surface area contributed by atoms with Crippen molar-refractivity contribution in [3.8, 4) is 11.3 Å². The summed E-state index contributed by atoms with van der Waals surface area (Å²) in [6.07, 6.45) is 8.76. The summed E-state index contributed by atoms with van der Waals surface area (Å²) in [5, 5.41) is 18.5. The Morgan fingerprint density at radius 3 is 2.65 bits per heavy atom. The van der Waals surface area contributed by atoms with E-state index in [1.54, 1.807) is 17.1 Å². The number of likely N-dealkylation sites (tertiary alicyclic amines) is 1. The molecule has 4 heterocycles. The highest BCUT2D eigenvalue weighted by Crippen LogP contribution is 2.24. The maximum atomic E-state index is 12.5. The van der Waals surface area contributed by atoms with Gasteiger partial charge >= 0.3 is 5.97 Å². The SMILES string of the molecule is Cc1cc(-c2ccnc(Nc3cnn(C)c3)n2)ccc1CCC(=O)N1CC(OC(C)C)C1.O=C(O)[C@@H]1CCCN1. The Hall–Kier alpha value is -3.83. The van der Waals surface area contributed by atoms with E-state index in [0.717, 1.165) is 48.3 Å². The molecule has 2 aliphatic rings. The van der Waals surface area contributed by atoms with E-state index >= 15 is 0 Å². The average molecular weight is 550 g/mol. The highest BCUT2D eigenvalue weighted by molar-refractivity contribution is 5.77. The largest absolute Gasteiger partial charge is 0.480 e. The number of hydrogen-bond acceptors (Lipinski definition) is 8. The van der Waals surface area contributed by atoms with Crippen molar-refractivity contribution in [2.75, 3.05) is 25.0 Å². The molecule has 1 amide bonds. The van der Waals surface area contributed by atoms with E-state index < -0.39 is 5.97 Å². The number of carbonyl (C=O) groups is 2. The predicted octanol–water partition coefficient (Wildman–Crippen LogP) is 3.32. The fourth-order valence-electron chi connectivity index (χ4n) is 4.74. The molecule has 5 rings (SSSR count). The molecule has 3 N–H and O–H groups in total. The minimum absolute atomic E-state index is 0.186. The monoisotopic (exact) mass is 549 g/mol. The standard InChI is InChI=1S/C24H30N6O2.C5H9NO2/c1-16(2)32-21-14-30(15-21)23(31)8-7-18-5-6-19(11-17(18)3)22-9-10-25-24(28-22)27-20-12-26-29(4)13-20;7-5(8)4-2-1-3-6-4/h5-6,9-13,16,21H,7-8,14-15H2,1-4H3,(H,25,27,28);4,6H,1-3H2,(H,7,8)/t;4-/m.0/s1. The van der Waals surface area contributed by atoms with Crippen LogP contribution in [0.25, 0.3) is 11.3 Å². The van der Waals surface area contributed by atoms with Crippen LogP contribution in [0.1, 0.15) is 44.2 Å². The quantitative estimate of drug-likeness (QED) is 0.367. The molecule has 2 aromatic heterocycles. The van der Waals surface area contributed by atoms with Crippen molar-refractivity contribution in [3.63, 3.8) is 0 Å². The lowest BCUT2D eigenvalue weighted by Crippen LogP contribution is -2.55. The highest BCUT2D eigenvalue weighted by Gasteiger charge is 2.31. The average Bonchev–Trinajstić information content (AvgIpc) is 3.58. The number of benzene rings is 1. The normalized spacial score (nSPS) is 16.8. The lowest BCUT2D eigenvalue weighted by molar-refractivity contribution is -0.148. The van der Waals surface area contributed by atoms with Crippen LogP contribution in [0.4, 0.5) is 11.6 Å². The summed E-state index contributed by atoms with van der Waals surface area (Å²) in [6, 6.07) is 7.89. The van der Waals surface area contributed by atoms with E-state index in [2.05, 4.69) is 50.8 Å². The van der Waals surface area contributed by atoms with Gasteiger partial charge < -0.3 is 25.4 Å². The van der Waals surface area contributed by atoms with Crippen LogP contribution in [0.15, 0.2) is 42.9 Å². The first-order valence-electron chi connectivity index (χ1n) is 13.8. The summed E-state index contributed by atoms with van der Waals surface area (Å²) in [5.74, 6) is -0.00127. The summed E-state index contributed by atoms with van der Waals surface area (Å²) >= 11 is 0. The molecule has 0 unspecified atom stereocenters. The number of hydrogen-bond donors (Lipinski definition) is 3. The number of anilines is 2. The number of aryl methyl sites for hydroxylation is 3. The maximum Gasteiger partial charge on any atom is 0.320 e. The first-order chi connectivity index (χ1) is 19.2. The Kier molecular flexibility index (Phi) is 9.84. The Morgan fingerprint density at radius 1 is 1.25 bits per heavy atom. The van der Waals surface area contributed by atoms with Crippen LogP contribution in [-0.2, 0) is 27.8 Å². The lowest BCUT2D eigenvalue weighted by Gasteiger charge is -2.40. The molecule has 0 saturated carbocycles. The van der Waals surface area contributed by atoms with Crippen LogP contribution >= 0.6 is 0 Å². The van der Waals surface area contributed by atoms with Gasteiger partial charge in [-0.15, -0.1) is 0 Å². The van der Waals surface area contributed by atoms with Gasteiger partial charge in [0.15, 0.2) is 0 Å². The molecule has 1 atom stereocenters. The van der Waals surface area contributed by atoms with Gasteiger partial charge in [-0.3, -0.25) is 14.3 Å². The highest BCUT2D eigenvalue weighted by atomic mass is 16.5. The van der Waals surface area contributed by atoms with Crippen molar-refractivity contribution in [2.24, 2.45) is 7.05 Å². The van der Waals surface area contributed by atoms with Crippen LogP contribution in [0.2, 0.25) is 0 Å². The smallest absolute Gasteiger partial charge is 0.320 e. The van der Waals surface area contributed by atoms with Gasteiger partial charge in [0.25, 0.3) is 0 Å². The van der Waals surface area contributed by atoms with Crippen molar-refractivity contribution in [1.82, 2.24) is 30.0 Å². The molecule has 214 valence electrons. The molecule has 0 aliphatic carbocycles. The summed E-state index contributed by atoms with van der Waals surface area (Å²) in [4.78, 5) is 33.4. The first-order valence-corrected chi connectivity index (χ1v) is 13.8. The predicted molar refractivity (Wildman–Crippen MR) is 152 cm³/mol. The molecular formula is C29H39N7O4. The van der Waals surface area contributed by atoms with Gasteiger partial charge in [0.05, 0.1) is 29.8 Å². The summed E-state index contributed by atoms with van der Waals surface area (Å²) in [7, 11) is 1.86. The Labute approximate surface area is 235 Å². The Bertz CT molecular complexity index is 1300. The number of aliphatic carboxylic acids is 1. The number of nitrogens with one attached hydrogen (secondary N) is 2. The number of carboxylic acids is 1. The minimum atomic E-state index is -0.720. The third-order valence-corrected chi connectivity index (χ3v) is 6.89. The van der Waals surface area contributed by atoms with Crippen molar-refractivity contribution >= 4 is 23.5 Å². The van der Waals surface area contributed by atoms with Crippen LogP contribution in [0, 0.1) is 6.92 Å². The molecule has 0 bridgehead atoms. The molecule has 11 heteroatoms. The van der Waals surface area contributed by atoms with Crippen molar-refractivity contribution < 1.29 is 19.4 Å². The molecule has 3 aromatic rings. The number of amides is 1. The van der Waals surface area contributed by atoms with Crippen LogP contribution < -0.4 is 10.6 Å².